The number of nitrogens with two attached hydrogens (primary N) is 1. The first-order valence-corrected chi connectivity index (χ1v) is 9.02. The highest BCUT2D eigenvalue weighted by molar-refractivity contribution is 6.33. The van der Waals surface area contributed by atoms with E-state index in [1.807, 2.05) is 42.5 Å². The van der Waals surface area contributed by atoms with Gasteiger partial charge in [0, 0.05) is 22.9 Å². The van der Waals surface area contributed by atoms with Crippen LogP contribution in [0.4, 0.5) is 11.4 Å². The maximum absolute atomic E-state index is 12.9. The minimum absolute atomic E-state index is 0.0678. The van der Waals surface area contributed by atoms with Gasteiger partial charge in [-0.15, -0.1) is 0 Å². The number of carbonyl (C=O) groups is 1. The Kier molecular flexibility index (Phi) is 4.26. The molecule has 3 N–H and O–H groups in total. The van der Waals surface area contributed by atoms with E-state index in [1.54, 1.807) is 5.01 Å². The van der Waals surface area contributed by atoms with Gasteiger partial charge in [0.2, 0.25) is 0 Å². The van der Waals surface area contributed by atoms with Crippen molar-refractivity contribution in [3.8, 4) is 11.1 Å². The molecule has 5 nitrogen and oxygen atoms in total. The zero-order chi connectivity index (χ0) is 18.3. The van der Waals surface area contributed by atoms with Crippen molar-refractivity contribution < 1.29 is 4.79 Å². The van der Waals surface area contributed by atoms with E-state index >= 15 is 0 Å². The minimum atomic E-state index is -0.0678. The zero-order valence-electron chi connectivity index (χ0n) is 15.0. The van der Waals surface area contributed by atoms with Gasteiger partial charge in [0.15, 0.2) is 0 Å². The largest absolute Gasteiger partial charge is 0.399 e. The molecule has 0 bridgehead atoms. The zero-order valence-corrected chi connectivity index (χ0v) is 15.0. The number of carbonyl (C=O) groups excluding carboxylic acids is 1. The first kappa shape index (κ1) is 16.8. The van der Waals surface area contributed by atoms with Crippen molar-refractivity contribution >= 4 is 22.9 Å². The van der Waals surface area contributed by atoms with E-state index in [0.29, 0.717) is 11.6 Å². The van der Waals surface area contributed by atoms with E-state index < -0.39 is 0 Å². The summed E-state index contributed by atoms with van der Waals surface area (Å²) in [5, 5.41) is 1.69. The second-order valence-electron chi connectivity index (χ2n) is 7.15. The van der Waals surface area contributed by atoms with Crippen LogP contribution in [0, 0.1) is 0 Å². The van der Waals surface area contributed by atoms with Gasteiger partial charge in [-0.3, -0.25) is 4.79 Å². The highest BCUT2D eigenvalue weighted by Crippen LogP contribution is 2.41. The van der Waals surface area contributed by atoms with Crippen LogP contribution in [0.25, 0.3) is 16.7 Å². The van der Waals surface area contributed by atoms with E-state index in [-0.39, 0.29) is 5.91 Å². The van der Waals surface area contributed by atoms with Gasteiger partial charge in [-0.25, -0.2) is 10.4 Å². The number of hydrogen-bond acceptors (Lipinski definition) is 4. The Morgan fingerprint density at radius 2 is 1.81 bits per heavy atom. The third-order valence-corrected chi connectivity index (χ3v) is 5.30. The van der Waals surface area contributed by atoms with Crippen LogP contribution in [0.2, 0.25) is 0 Å². The Morgan fingerprint density at radius 3 is 2.50 bits per heavy atom. The predicted molar refractivity (Wildman–Crippen MR) is 106 cm³/mol. The van der Waals surface area contributed by atoms with Crippen LogP contribution in [-0.4, -0.2) is 37.0 Å². The Labute approximate surface area is 154 Å². The van der Waals surface area contributed by atoms with Crippen LogP contribution in [0.5, 0.6) is 0 Å². The van der Waals surface area contributed by atoms with Crippen molar-refractivity contribution in [2.75, 3.05) is 30.9 Å². The number of benzene rings is 2. The van der Waals surface area contributed by atoms with Gasteiger partial charge in [-0.05, 0) is 62.3 Å². The third-order valence-electron chi connectivity index (χ3n) is 5.30. The van der Waals surface area contributed by atoms with Crippen LogP contribution in [0.1, 0.15) is 18.4 Å². The molecule has 1 amide bonds. The first-order valence-electron chi connectivity index (χ1n) is 9.02. The molecule has 4 rings (SSSR count). The highest BCUT2D eigenvalue weighted by Gasteiger charge is 2.35. The molecule has 0 saturated carbocycles. The summed E-state index contributed by atoms with van der Waals surface area (Å²) in [7, 11) is 2.13. The van der Waals surface area contributed by atoms with Crippen LogP contribution in [0.3, 0.4) is 0 Å². The van der Waals surface area contributed by atoms with Crippen LogP contribution in [-0.2, 0) is 4.79 Å². The van der Waals surface area contributed by atoms with Gasteiger partial charge in [0.25, 0.3) is 5.91 Å². The van der Waals surface area contributed by atoms with Gasteiger partial charge in [0.05, 0.1) is 5.69 Å². The number of nitrogens with one attached hydrogen (secondary N) is 1. The van der Waals surface area contributed by atoms with E-state index in [1.165, 1.54) is 0 Å². The normalized spacial score (nSPS) is 18.4. The molecule has 1 saturated heterocycles. The number of nitrogens with zero attached hydrogens (tertiary/aromatic N) is 2. The maximum Gasteiger partial charge on any atom is 0.272 e. The van der Waals surface area contributed by atoms with E-state index in [0.717, 1.165) is 54.0 Å². The second kappa shape index (κ2) is 6.59. The Hall–Kier alpha value is -2.63. The number of fused-ring (bicyclic) bond motifs is 1. The van der Waals surface area contributed by atoms with Crippen molar-refractivity contribution in [3.05, 3.63) is 54.6 Å². The summed E-state index contributed by atoms with van der Waals surface area (Å²) in [6.45, 7) is 6.15. The quantitative estimate of drug-likeness (QED) is 0.661. The molecule has 2 aromatic carbocycles. The van der Waals surface area contributed by atoms with Crippen molar-refractivity contribution in [3.63, 3.8) is 0 Å². The van der Waals surface area contributed by atoms with Gasteiger partial charge in [-0.1, -0.05) is 30.8 Å². The molecule has 26 heavy (non-hydrogen) atoms. The number of nitrogen functional groups attached to an aromatic ring is 1. The Bertz CT molecular complexity index is 851. The average molecular weight is 348 g/mol. The number of anilines is 2. The molecule has 2 aromatic rings. The van der Waals surface area contributed by atoms with Crippen LogP contribution in [0.15, 0.2) is 49.0 Å². The number of piperidine rings is 1. The monoisotopic (exact) mass is 348 g/mol. The Morgan fingerprint density at radius 1 is 1.12 bits per heavy atom. The van der Waals surface area contributed by atoms with Crippen molar-refractivity contribution in [2.24, 2.45) is 0 Å². The number of hydrazine groups is 1. The molecule has 0 unspecified atom stereocenters. The van der Waals surface area contributed by atoms with Gasteiger partial charge in [-0.2, -0.15) is 0 Å². The average Bonchev–Trinajstić information content (AvgIpc) is 2.89. The number of likely N-dealkylation sites (tertiary alicyclic amines) is 1. The Balaban J connectivity index is 1.68. The topological polar surface area (TPSA) is 61.6 Å². The number of hydrogen-bond donors (Lipinski definition) is 2. The van der Waals surface area contributed by atoms with E-state index in [2.05, 4.69) is 24.0 Å². The van der Waals surface area contributed by atoms with Crippen molar-refractivity contribution in [1.82, 2.24) is 10.3 Å². The van der Waals surface area contributed by atoms with Crippen LogP contribution < -0.4 is 16.2 Å². The van der Waals surface area contributed by atoms with Gasteiger partial charge in [0.1, 0.15) is 0 Å². The molecular weight excluding hydrogens is 324 g/mol. The highest BCUT2D eigenvalue weighted by atomic mass is 16.2. The molecule has 2 aliphatic heterocycles. The molecule has 0 radical (unpaired) electrons. The van der Waals surface area contributed by atoms with Crippen molar-refractivity contribution in [1.29, 1.82) is 0 Å². The fourth-order valence-corrected chi connectivity index (χ4v) is 3.75. The van der Waals surface area contributed by atoms with Gasteiger partial charge < -0.3 is 10.6 Å². The summed E-state index contributed by atoms with van der Waals surface area (Å²) in [5.41, 5.74) is 14.3. The summed E-state index contributed by atoms with van der Waals surface area (Å²) < 4.78 is 0. The lowest BCUT2D eigenvalue weighted by atomic mass is 9.95. The van der Waals surface area contributed by atoms with Crippen molar-refractivity contribution in [2.45, 2.75) is 18.9 Å². The van der Waals surface area contributed by atoms with E-state index in [9.17, 15) is 4.79 Å². The molecule has 1 fully saturated rings. The predicted octanol–water partition coefficient (Wildman–Crippen LogP) is 2.89. The summed E-state index contributed by atoms with van der Waals surface area (Å²) >= 11 is 0. The van der Waals surface area contributed by atoms with Gasteiger partial charge >= 0.3 is 0 Å². The number of rotatable bonds is 3. The lowest BCUT2D eigenvalue weighted by molar-refractivity contribution is -0.113. The summed E-state index contributed by atoms with van der Waals surface area (Å²) in [5.74, 6) is -0.0678. The lowest BCUT2D eigenvalue weighted by Gasteiger charge is -2.32. The summed E-state index contributed by atoms with van der Waals surface area (Å²) in [4.78, 5) is 15.2. The summed E-state index contributed by atoms with van der Waals surface area (Å²) in [6.07, 6.45) is 2.06. The second-order valence-corrected chi connectivity index (χ2v) is 7.15. The minimum Gasteiger partial charge on any atom is -0.399 e. The molecule has 2 aliphatic rings. The standard InChI is InChI=1S/C21H24N4O/c1-14-20-18(15-6-8-16(22)9-7-15)4-3-5-19(20)25(21(14)26)23-17-10-12-24(2)13-11-17/h3-9,17,23H,1,10-13,22H2,2H3. The smallest absolute Gasteiger partial charge is 0.272 e. The number of amides is 1. The molecule has 0 atom stereocenters. The maximum atomic E-state index is 12.9. The molecule has 2 heterocycles. The summed E-state index contributed by atoms with van der Waals surface area (Å²) in [6, 6.07) is 14.0. The fraction of sp³-hybridized carbons (Fsp3) is 0.286. The lowest BCUT2D eigenvalue weighted by Crippen LogP contribution is -2.50. The third kappa shape index (κ3) is 2.89. The molecule has 0 spiro atoms. The first-order chi connectivity index (χ1) is 12.5. The SMILES string of the molecule is C=C1C(=O)N(NC2CCN(C)CC2)c2cccc(-c3ccc(N)cc3)c21. The van der Waals surface area contributed by atoms with E-state index in [4.69, 9.17) is 5.73 Å². The molecule has 0 aromatic heterocycles. The molecular formula is C21H24N4O. The molecule has 134 valence electrons. The molecule has 5 heteroatoms. The molecule has 0 aliphatic carbocycles. The fourth-order valence-electron chi connectivity index (χ4n) is 3.75. The van der Waals surface area contributed by atoms with Crippen LogP contribution >= 0.6 is 0 Å².